The van der Waals surface area contributed by atoms with Gasteiger partial charge in [-0.15, -0.1) is 0 Å². The van der Waals surface area contributed by atoms with Crippen LogP contribution in [0.15, 0.2) is 29.3 Å². The van der Waals surface area contributed by atoms with Crippen LogP contribution in [-0.4, -0.2) is 41.6 Å². The van der Waals surface area contributed by atoms with Gasteiger partial charge >= 0.3 is 6.18 Å². The van der Waals surface area contributed by atoms with Gasteiger partial charge in [0.1, 0.15) is 22.9 Å². The lowest BCUT2D eigenvalue weighted by Crippen LogP contribution is -2.49. The van der Waals surface area contributed by atoms with Crippen LogP contribution in [0.3, 0.4) is 0 Å². The molecule has 1 spiro atoms. The average Bonchev–Trinajstić information content (AvgIpc) is 3.58. The summed E-state index contributed by atoms with van der Waals surface area (Å²) in [4.78, 5) is 34.6. The van der Waals surface area contributed by atoms with Gasteiger partial charge in [0.15, 0.2) is 6.29 Å². The van der Waals surface area contributed by atoms with Gasteiger partial charge in [-0.2, -0.15) is 13.2 Å². The van der Waals surface area contributed by atoms with E-state index in [1.807, 2.05) is 0 Å². The minimum atomic E-state index is -4.56. The molecule has 1 N–H and O–H groups in total. The molecule has 1 amide bonds. The first-order valence-electron chi connectivity index (χ1n) is 10.8. The number of benzene rings is 1. The molecule has 0 unspecified atom stereocenters. The highest BCUT2D eigenvalue weighted by Gasteiger charge is 2.47. The second-order valence-electron chi connectivity index (χ2n) is 8.77. The fourth-order valence-electron chi connectivity index (χ4n) is 4.55. The van der Waals surface area contributed by atoms with Gasteiger partial charge in [0.25, 0.3) is 5.91 Å². The lowest BCUT2D eigenvalue weighted by atomic mass is 9.87. The molecule has 3 aliphatic rings. The molecule has 178 valence electrons. The average molecular weight is 495 g/mol. The smallest absolute Gasteiger partial charge is 0.371 e. The molecule has 5 rings (SSSR count). The number of nitrogens with zero attached hydrogens (tertiary/aromatic N) is 3. The molecular weight excluding hydrogens is 476 g/mol. The zero-order valence-electron chi connectivity index (χ0n) is 17.8. The molecule has 34 heavy (non-hydrogen) atoms. The van der Waals surface area contributed by atoms with E-state index >= 15 is 0 Å². The molecular formula is C23H19ClF4N4O2. The third-order valence-electron chi connectivity index (χ3n) is 6.54. The third kappa shape index (κ3) is 3.93. The molecule has 1 aliphatic carbocycles. The Morgan fingerprint density at radius 2 is 1.88 bits per heavy atom. The molecule has 1 saturated heterocycles. The second-order valence-corrected chi connectivity index (χ2v) is 9.21. The Morgan fingerprint density at radius 1 is 1.18 bits per heavy atom. The molecule has 2 aromatic rings. The number of aromatic nitrogens is 1. The summed E-state index contributed by atoms with van der Waals surface area (Å²) in [5, 5.41) is 2.89. The van der Waals surface area contributed by atoms with Crippen LogP contribution in [0.2, 0.25) is 5.02 Å². The van der Waals surface area contributed by atoms with Crippen LogP contribution in [0.5, 0.6) is 0 Å². The van der Waals surface area contributed by atoms with Crippen molar-refractivity contribution >= 4 is 35.3 Å². The number of alkyl halides is 3. The summed E-state index contributed by atoms with van der Waals surface area (Å²) in [7, 11) is 0. The van der Waals surface area contributed by atoms with Crippen LogP contribution >= 0.6 is 11.6 Å². The molecule has 1 aromatic carbocycles. The maximum Gasteiger partial charge on any atom is 0.433 e. The minimum Gasteiger partial charge on any atom is -0.371 e. The third-order valence-corrected chi connectivity index (χ3v) is 6.75. The number of amidine groups is 1. The number of anilines is 1. The second kappa shape index (κ2) is 8.04. The Kier molecular flexibility index (Phi) is 5.38. The van der Waals surface area contributed by atoms with Crippen molar-refractivity contribution in [1.82, 2.24) is 10.3 Å². The van der Waals surface area contributed by atoms with E-state index in [4.69, 9.17) is 11.6 Å². The first-order valence-corrected chi connectivity index (χ1v) is 11.2. The number of rotatable bonds is 4. The van der Waals surface area contributed by atoms with E-state index in [-0.39, 0.29) is 41.1 Å². The molecule has 3 heterocycles. The molecule has 11 heteroatoms. The van der Waals surface area contributed by atoms with Gasteiger partial charge in [0.05, 0.1) is 16.9 Å². The van der Waals surface area contributed by atoms with E-state index in [0.717, 1.165) is 25.0 Å². The fraction of sp³-hybridized carbons (Fsp3) is 0.391. The summed E-state index contributed by atoms with van der Waals surface area (Å²) in [5.41, 5.74) is -1.11. The number of hydrogen-bond acceptors (Lipinski definition) is 5. The predicted octanol–water partition coefficient (Wildman–Crippen LogP) is 4.50. The molecule has 1 aromatic heterocycles. The number of aldehydes is 1. The molecule has 0 atom stereocenters. The first kappa shape index (κ1) is 22.8. The van der Waals surface area contributed by atoms with Gasteiger partial charge in [-0.25, -0.2) is 9.37 Å². The van der Waals surface area contributed by atoms with E-state index in [1.54, 1.807) is 4.90 Å². The highest BCUT2D eigenvalue weighted by atomic mass is 35.5. The summed E-state index contributed by atoms with van der Waals surface area (Å²) >= 11 is 5.97. The number of aliphatic imine (C=N–C) groups is 1. The van der Waals surface area contributed by atoms with Crippen molar-refractivity contribution in [2.75, 3.05) is 18.0 Å². The Morgan fingerprint density at radius 3 is 2.50 bits per heavy atom. The van der Waals surface area contributed by atoms with E-state index in [9.17, 15) is 27.2 Å². The Bertz CT molecular complexity index is 1220. The zero-order chi connectivity index (χ0) is 24.3. The van der Waals surface area contributed by atoms with E-state index in [1.165, 1.54) is 12.1 Å². The summed E-state index contributed by atoms with van der Waals surface area (Å²) in [6.07, 6.45) is -2.10. The lowest BCUT2D eigenvalue weighted by molar-refractivity contribution is -0.141. The molecule has 0 radical (unpaired) electrons. The summed E-state index contributed by atoms with van der Waals surface area (Å²) in [6, 6.07) is 4.79. The number of carbonyl (C=O) groups excluding carboxylic acids is 2. The first-order chi connectivity index (χ1) is 16.1. The van der Waals surface area contributed by atoms with Crippen molar-refractivity contribution in [3.8, 4) is 0 Å². The highest BCUT2D eigenvalue weighted by Crippen LogP contribution is 2.43. The number of nitrogens with one attached hydrogen (secondary N) is 1. The number of hydrogen-bond donors (Lipinski definition) is 1. The van der Waals surface area contributed by atoms with Crippen LogP contribution in [0.4, 0.5) is 23.2 Å². The Balaban J connectivity index is 1.42. The molecule has 6 nitrogen and oxygen atoms in total. The maximum atomic E-state index is 14.2. The number of amides is 1. The number of pyridine rings is 1. The lowest BCUT2D eigenvalue weighted by Gasteiger charge is -2.37. The van der Waals surface area contributed by atoms with E-state index in [2.05, 4.69) is 15.3 Å². The standard InChI is InChI=1S/C23H19ClF4N4O2/c24-13-9-16(25)15(11-33)17(10-13)32-7-5-22(6-8-32)21(34)30-20(31-22)14-3-4-18(23(26,27)28)29-19(14)12-1-2-12/h3-4,9-12H,1-2,5-8H2,(H,30,31,34). The summed E-state index contributed by atoms with van der Waals surface area (Å²) < 4.78 is 53.7. The van der Waals surface area contributed by atoms with Crippen molar-refractivity contribution in [2.45, 2.75) is 43.3 Å². The molecule has 2 aliphatic heterocycles. The van der Waals surface area contributed by atoms with Crippen LogP contribution in [0.25, 0.3) is 0 Å². The number of piperidine rings is 1. The largest absolute Gasteiger partial charge is 0.433 e. The number of carbonyl (C=O) groups is 2. The number of halogens is 5. The van der Waals surface area contributed by atoms with Crippen LogP contribution in [-0.2, 0) is 11.0 Å². The molecule has 2 fully saturated rings. The van der Waals surface area contributed by atoms with Gasteiger partial charge in [0.2, 0.25) is 0 Å². The fourth-order valence-corrected chi connectivity index (χ4v) is 4.75. The maximum absolute atomic E-state index is 14.2. The van der Waals surface area contributed by atoms with Crippen LogP contribution in [0.1, 0.15) is 58.9 Å². The van der Waals surface area contributed by atoms with Gasteiger partial charge < -0.3 is 10.2 Å². The summed E-state index contributed by atoms with van der Waals surface area (Å²) in [5.74, 6) is -0.922. The zero-order valence-corrected chi connectivity index (χ0v) is 18.5. The van der Waals surface area contributed by atoms with E-state index < -0.39 is 23.2 Å². The van der Waals surface area contributed by atoms with Gasteiger partial charge in [0, 0.05) is 29.6 Å². The Hall–Kier alpha value is -3.01. The van der Waals surface area contributed by atoms with Crippen molar-refractivity contribution < 1.29 is 27.2 Å². The normalized spacial score (nSPS) is 19.9. The molecule has 0 bridgehead atoms. The van der Waals surface area contributed by atoms with Gasteiger partial charge in [-0.1, -0.05) is 11.6 Å². The minimum absolute atomic E-state index is 0.0882. The van der Waals surface area contributed by atoms with E-state index in [0.29, 0.717) is 36.3 Å². The SMILES string of the molecule is O=Cc1c(F)cc(Cl)cc1N1CCC2(CC1)N=C(c1ccc(C(F)(F)F)nc1C1CC1)NC2=O. The Labute approximate surface area is 197 Å². The van der Waals surface area contributed by atoms with Crippen molar-refractivity contribution in [3.05, 3.63) is 57.6 Å². The molecule has 1 saturated carbocycles. The van der Waals surface area contributed by atoms with Crippen LogP contribution < -0.4 is 10.2 Å². The quantitative estimate of drug-likeness (QED) is 0.502. The van der Waals surface area contributed by atoms with Crippen molar-refractivity contribution in [3.63, 3.8) is 0 Å². The predicted molar refractivity (Wildman–Crippen MR) is 117 cm³/mol. The van der Waals surface area contributed by atoms with Crippen molar-refractivity contribution in [1.29, 1.82) is 0 Å². The van der Waals surface area contributed by atoms with Gasteiger partial charge in [-0.3, -0.25) is 14.6 Å². The topological polar surface area (TPSA) is 74.7 Å². The van der Waals surface area contributed by atoms with Crippen molar-refractivity contribution in [2.24, 2.45) is 4.99 Å². The van der Waals surface area contributed by atoms with Gasteiger partial charge in [-0.05, 0) is 49.9 Å². The van der Waals surface area contributed by atoms with Crippen LogP contribution in [0, 0.1) is 5.82 Å². The monoisotopic (exact) mass is 494 g/mol. The summed E-state index contributed by atoms with van der Waals surface area (Å²) in [6.45, 7) is 0.622. The highest BCUT2D eigenvalue weighted by molar-refractivity contribution is 6.31.